The van der Waals surface area contributed by atoms with E-state index in [4.69, 9.17) is 14.2 Å². The average molecular weight is 1010 g/mol. The molecule has 0 amide bonds. The van der Waals surface area contributed by atoms with E-state index >= 15 is 17.6 Å². The quantitative estimate of drug-likeness (QED) is 0.0360. The molecule has 0 radical (unpaired) electrons. The minimum absolute atomic E-state index is 0.0120. The lowest BCUT2D eigenvalue weighted by Crippen LogP contribution is -2.10. The first-order valence-corrected chi connectivity index (χ1v) is 23.7. The predicted molar refractivity (Wildman–Crippen MR) is 226 cm³/mol. The van der Waals surface area contributed by atoms with Gasteiger partial charge >= 0.3 is 0 Å². The number of sulfone groups is 1. The van der Waals surface area contributed by atoms with Crippen LogP contribution < -0.4 is 14.2 Å². The van der Waals surface area contributed by atoms with Crippen molar-refractivity contribution in [2.24, 2.45) is 0 Å². The first-order chi connectivity index (χ1) is 31.6. The third kappa shape index (κ3) is 9.39. The van der Waals surface area contributed by atoms with Crippen LogP contribution in [0.25, 0.3) is 11.1 Å². The maximum Gasteiger partial charge on any atom is 0.300 e. The lowest BCUT2D eigenvalue weighted by molar-refractivity contribution is 0.103. The number of ether oxygens (including phenoxy) is 3. The predicted octanol–water partition coefficient (Wildman–Crippen LogP) is 10.4. The molecule has 0 bridgehead atoms. The van der Waals surface area contributed by atoms with E-state index in [0.29, 0.717) is 6.92 Å². The second-order valence-corrected chi connectivity index (χ2v) is 20.1. The zero-order chi connectivity index (χ0) is 50.7. The molecule has 6 rings (SSSR count). The van der Waals surface area contributed by atoms with Crippen molar-refractivity contribution in [1.29, 1.82) is 0 Å². The summed E-state index contributed by atoms with van der Waals surface area (Å²) in [6, 6.07) is 11.3. The van der Waals surface area contributed by atoms with Crippen molar-refractivity contribution >= 4 is 35.9 Å². The minimum atomic E-state index is -4.78. The fourth-order valence-electron chi connectivity index (χ4n) is 7.08. The monoisotopic (exact) mass is 1010 g/mol. The summed E-state index contributed by atoms with van der Waals surface area (Å²) < 4.78 is 227. The van der Waals surface area contributed by atoms with Crippen LogP contribution in [0, 0.1) is 81.2 Å². The van der Waals surface area contributed by atoms with Crippen LogP contribution >= 0.6 is 0 Å². The Morgan fingerprint density at radius 3 is 1.37 bits per heavy atom. The highest BCUT2D eigenvalue weighted by molar-refractivity contribution is 7.91. The van der Waals surface area contributed by atoms with Gasteiger partial charge in [0.25, 0.3) is 20.2 Å². The maximum absolute atomic E-state index is 15.4. The number of hydrogen-bond acceptors (Lipinski definition) is 11. The molecule has 0 saturated carbocycles. The molecule has 0 atom stereocenters. The average Bonchev–Trinajstić information content (AvgIpc) is 3.28. The van der Waals surface area contributed by atoms with Gasteiger partial charge in [-0.2, -0.15) is 25.6 Å². The minimum Gasteiger partial charge on any atom is -0.495 e. The number of methoxy groups -OCH3 is 1. The Balaban J connectivity index is 1.32. The van der Waals surface area contributed by atoms with Crippen LogP contribution in [0.5, 0.6) is 28.7 Å². The van der Waals surface area contributed by atoms with Crippen molar-refractivity contribution in [2.45, 2.75) is 55.1 Å². The fourth-order valence-corrected chi connectivity index (χ4v) is 10.1. The van der Waals surface area contributed by atoms with E-state index in [1.807, 2.05) is 0 Å². The van der Waals surface area contributed by atoms with Gasteiger partial charge in [-0.05, 0) is 118 Å². The molecule has 6 aromatic carbocycles. The molecule has 0 fully saturated rings. The normalized spacial score (nSPS) is 12.1. The number of carbonyl (C=O) groups excluding carboxylic acids is 1. The van der Waals surface area contributed by atoms with Crippen LogP contribution in [0.15, 0.2) is 75.4 Å². The van der Waals surface area contributed by atoms with Gasteiger partial charge in [0.15, 0.2) is 40.7 Å². The first kappa shape index (κ1) is 51.0. The number of rotatable bonds is 14. The second kappa shape index (κ2) is 18.6. The standard InChI is InChI=1S/C45H34F8O12S3/c1-19-12-27(13-20(2)43(19)64-29-10-8-24(16-26(29)18-66(55,56)57)42(54)25-9-11-30(62-6)31(17-25)68(60,61)63-7)67(58,59)28-14-21(3)44(22(4)15-28)65-45-40(52)38(50)33(39(51)41(45)53)32-36(48)34(46)23(5)35(47)37(32)49/h8-17H,18H2,1-7H3,(H,55,56,57). The highest BCUT2D eigenvalue weighted by Crippen LogP contribution is 2.43. The van der Waals surface area contributed by atoms with Crippen molar-refractivity contribution in [3.63, 3.8) is 0 Å². The van der Waals surface area contributed by atoms with Crippen molar-refractivity contribution in [2.75, 3.05) is 14.2 Å². The van der Waals surface area contributed by atoms with Crippen molar-refractivity contribution < 1.29 is 88.1 Å². The van der Waals surface area contributed by atoms with Gasteiger partial charge in [0, 0.05) is 22.3 Å². The number of aryl methyl sites for hydroxylation is 4. The molecule has 0 spiro atoms. The van der Waals surface area contributed by atoms with Crippen molar-refractivity contribution in [3.8, 4) is 39.9 Å². The Morgan fingerprint density at radius 2 is 0.941 bits per heavy atom. The second-order valence-electron chi connectivity index (χ2n) is 15.1. The summed E-state index contributed by atoms with van der Waals surface area (Å²) >= 11 is 0. The molecule has 0 heterocycles. The topological polar surface area (TPSA) is 177 Å². The van der Waals surface area contributed by atoms with E-state index in [-0.39, 0.29) is 61.1 Å². The number of carbonyl (C=O) groups is 1. The smallest absolute Gasteiger partial charge is 0.300 e. The van der Waals surface area contributed by atoms with Gasteiger partial charge in [0.2, 0.25) is 27.2 Å². The maximum atomic E-state index is 15.4. The Hall–Kier alpha value is -6.40. The van der Waals surface area contributed by atoms with E-state index in [2.05, 4.69) is 4.18 Å². The van der Waals surface area contributed by atoms with E-state index in [9.17, 15) is 52.2 Å². The molecule has 6 aromatic rings. The van der Waals surface area contributed by atoms with Crippen LogP contribution in [0.2, 0.25) is 0 Å². The lowest BCUT2D eigenvalue weighted by atomic mass is 9.99. The largest absolute Gasteiger partial charge is 0.495 e. The molecular formula is C45H34F8O12S3. The highest BCUT2D eigenvalue weighted by Gasteiger charge is 2.35. The molecule has 0 aliphatic carbocycles. The molecular weight excluding hydrogens is 981 g/mol. The Bertz CT molecular complexity index is 3370. The van der Waals surface area contributed by atoms with Crippen molar-refractivity contribution in [3.05, 3.63) is 152 Å². The number of hydrogen-bond donors (Lipinski definition) is 1. The summed E-state index contributed by atoms with van der Waals surface area (Å²) in [6.07, 6.45) is 0. The first-order valence-electron chi connectivity index (χ1n) is 19.2. The Labute approximate surface area is 383 Å². The van der Waals surface area contributed by atoms with Crippen LogP contribution in [-0.4, -0.2) is 49.8 Å². The van der Waals surface area contributed by atoms with Crippen LogP contribution in [0.4, 0.5) is 35.1 Å². The number of benzene rings is 6. The van der Waals surface area contributed by atoms with Crippen LogP contribution in [0.3, 0.4) is 0 Å². The molecule has 360 valence electrons. The molecule has 0 saturated heterocycles. The van der Waals surface area contributed by atoms with Gasteiger partial charge in [0.1, 0.15) is 33.6 Å². The van der Waals surface area contributed by atoms with Gasteiger partial charge in [-0.15, -0.1) is 0 Å². The van der Waals surface area contributed by atoms with E-state index in [1.165, 1.54) is 71.2 Å². The third-order valence-electron chi connectivity index (χ3n) is 10.4. The molecule has 0 aliphatic heterocycles. The molecule has 1 N–H and O–H groups in total. The highest BCUT2D eigenvalue weighted by atomic mass is 32.2. The van der Waals surface area contributed by atoms with Gasteiger partial charge in [-0.1, -0.05) is 0 Å². The van der Waals surface area contributed by atoms with Crippen molar-refractivity contribution in [1.82, 2.24) is 0 Å². The SMILES string of the molecule is COc1ccc(C(=O)c2ccc(Oc3c(C)cc(S(=O)(=O)c4cc(C)c(Oc5c(F)c(F)c(-c6c(F)c(F)c(C)c(F)c6F)c(F)c5F)c(C)c4)cc3C)c(CS(=O)(=O)O)c2)cc1S(=O)(=O)OC. The summed E-state index contributed by atoms with van der Waals surface area (Å²) in [5, 5.41) is 0. The number of halogens is 8. The summed E-state index contributed by atoms with van der Waals surface area (Å²) in [4.78, 5) is 12.3. The molecule has 68 heavy (non-hydrogen) atoms. The van der Waals surface area contributed by atoms with Gasteiger partial charge in [-0.3, -0.25) is 13.5 Å². The molecule has 23 heteroatoms. The van der Waals surface area contributed by atoms with E-state index in [1.54, 1.807) is 0 Å². The zero-order valence-corrected chi connectivity index (χ0v) is 38.6. The lowest BCUT2D eigenvalue weighted by Gasteiger charge is -2.18. The van der Waals surface area contributed by atoms with E-state index < -0.39 is 126 Å². The van der Waals surface area contributed by atoms with Crippen LogP contribution in [0.1, 0.15) is 49.3 Å². The number of ketones is 1. The van der Waals surface area contributed by atoms with E-state index in [0.717, 1.165) is 31.4 Å². The Morgan fingerprint density at radius 1 is 0.529 bits per heavy atom. The fraction of sp³-hybridized carbons (Fsp3) is 0.178. The van der Waals surface area contributed by atoms with Gasteiger partial charge in [0.05, 0.1) is 35.1 Å². The molecule has 0 aliphatic rings. The molecule has 0 aromatic heterocycles. The molecule has 12 nitrogen and oxygen atoms in total. The summed E-state index contributed by atoms with van der Waals surface area (Å²) in [7, 11) is -11.5. The third-order valence-corrected chi connectivity index (χ3v) is 14.1. The summed E-state index contributed by atoms with van der Waals surface area (Å²) in [5.74, 6) is -22.9. The van der Waals surface area contributed by atoms with Crippen LogP contribution in [-0.2, 0) is 40.0 Å². The Kier molecular flexibility index (Phi) is 13.9. The summed E-state index contributed by atoms with van der Waals surface area (Å²) in [6.45, 7) is 5.89. The van der Waals surface area contributed by atoms with Gasteiger partial charge < -0.3 is 14.2 Å². The summed E-state index contributed by atoms with van der Waals surface area (Å²) in [5.41, 5.74) is -5.95. The molecule has 0 unspecified atom stereocenters. The zero-order valence-electron chi connectivity index (χ0n) is 36.2. The van der Waals surface area contributed by atoms with Gasteiger partial charge in [-0.25, -0.2) is 34.8 Å².